The summed E-state index contributed by atoms with van der Waals surface area (Å²) in [7, 11) is 0. The largest absolute Gasteiger partial charge is 0.360 e. The van der Waals surface area contributed by atoms with E-state index in [0.717, 1.165) is 15.4 Å². The average Bonchev–Trinajstić information content (AvgIpc) is 2.84. The number of fused-ring (bicyclic) bond motifs is 1. The maximum atomic E-state index is 13.5. The number of hydrogen-bond acceptors (Lipinski definition) is 1. The summed E-state index contributed by atoms with van der Waals surface area (Å²) < 4.78 is 14.7. The molecule has 0 atom stereocenters. The molecule has 1 aromatic heterocycles. The lowest BCUT2D eigenvalue weighted by atomic mass is 10.0. The lowest BCUT2D eigenvalue weighted by Crippen LogP contribution is -2.02. The van der Waals surface area contributed by atoms with Crippen LogP contribution in [0.1, 0.15) is 15.9 Å². The predicted molar refractivity (Wildman–Crippen MR) is 83.5 cm³/mol. The van der Waals surface area contributed by atoms with E-state index < -0.39 is 5.82 Å². The van der Waals surface area contributed by atoms with Gasteiger partial charge < -0.3 is 4.98 Å². The van der Waals surface area contributed by atoms with Crippen LogP contribution in [0.5, 0.6) is 0 Å². The van der Waals surface area contributed by atoms with Crippen LogP contribution < -0.4 is 0 Å². The number of carbonyl (C=O) groups excluding carboxylic acids is 1. The lowest BCUT2D eigenvalue weighted by molar-refractivity contribution is 0.103. The second-order valence-corrected chi connectivity index (χ2v) is 6.03. The van der Waals surface area contributed by atoms with Gasteiger partial charge in [-0.15, -0.1) is 0 Å². The molecule has 0 amide bonds. The van der Waals surface area contributed by atoms with Gasteiger partial charge in [0.1, 0.15) is 5.82 Å². The number of carbonyl (C=O) groups is 1. The van der Waals surface area contributed by atoms with Gasteiger partial charge in [0.05, 0.1) is 4.47 Å². The van der Waals surface area contributed by atoms with Crippen molar-refractivity contribution in [1.82, 2.24) is 4.98 Å². The third-order valence-electron chi connectivity index (χ3n) is 3.08. The summed E-state index contributed by atoms with van der Waals surface area (Å²) in [6, 6.07) is 10.1. The van der Waals surface area contributed by atoms with Gasteiger partial charge in [0.15, 0.2) is 5.78 Å². The number of benzene rings is 2. The van der Waals surface area contributed by atoms with Crippen molar-refractivity contribution in [2.45, 2.75) is 0 Å². The summed E-state index contributed by atoms with van der Waals surface area (Å²) in [6.07, 6.45) is 1.65. The van der Waals surface area contributed by atoms with E-state index >= 15 is 0 Å². The molecule has 100 valence electrons. The molecule has 1 heterocycles. The van der Waals surface area contributed by atoms with Gasteiger partial charge in [-0.05, 0) is 40.2 Å². The van der Waals surface area contributed by atoms with Gasteiger partial charge in [-0.25, -0.2) is 4.39 Å². The third kappa shape index (κ3) is 2.21. The minimum Gasteiger partial charge on any atom is -0.360 e. The summed E-state index contributed by atoms with van der Waals surface area (Å²) in [5, 5.41) is 0.814. The molecule has 0 saturated heterocycles. The molecule has 0 aliphatic carbocycles. The summed E-state index contributed by atoms with van der Waals surface area (Å²) in [6.45, 7) is 0. The molecule has 20 heavy (non-hydrogen) atoms. The van der Waals surface area contributed by atoms with Crippen LogP contribution in [0.3, 0.4) is 0 Å². The van der Waals surface area contributed by atoms with Crippen molar-refractivity contribution in [2.24, 2.45) is 0 Å². The highest BCUT2D eigenvalue weighted by atomic mass is 79.9. The van der Waals surface area contributed by atoms with Crippen LogP contribution in [0.25, 0.3) is 10.9 Å². The van der Waals surface area contributed by atoms with Gasteiger partial charge in [0.25, 0.3) is 0 Å². The van der Waals surface area contributed by atoms with Crippen molar-refractivity contribution < 1.29 is 9.18 Å². The topological polar surface area (TPSA) is 32.9 Å². The molecule has 0 aliphatic heterocycles. The Balaban J connectivity index is 2.16. The van der Waals surface area contributed by atoms with Crippen LogP contribution in [-0.4, -0.2) is 10.8 Å². The van der Waals surface area contributed by atoms with Crippen LogP contribution in [0.15, 0.2) is 51.5 Å². The highest BCUT2D eigenvalue weighted by Crippen LogP contribution is 2.27. The van der Waals surface area contributed by atoms with Gasteiger partial charge >= 0.3 is 0 Å². The molecule has 0 saturated carbocycles. The zero-order valence-electron chi connectivity index (χ0n) is 10.1. The van der Waals surface area contributed by atoms with E-state index in [1.54, 1.807) is 12.3 Å². The number of aromatic nitrogens is 1. The fraction of sp³-hybridized carbons (Fsp3) is 0. The molecule has 3 aromatic rings. The van der Waals surface area contributed by atoms with Crippen molar-refractivity contribution in [2.75, 3.05) is 0 Å². The van der Waals surface area contributed by atoms with E-state index in [-0.39, 0.29) is 10.3 Å². The summed E-state index contributed by atoms with van der Waals surface area (Å²) >= 11 is 6.51. The Labute approximate surface area is 131 Å². The van der Waals surface area contributed by atoms with Crippen LogP contribution in [0.2, 0.25) is 0 Å². The monoisotopic (exact) mass is 395 g/mol. The SMILES string of the molecule is O=C(c1cccc(F)c1Br)c1c[nH]c2cc(Br)ccc12. The molecule has 1 N–H and O–H groups in total. The number of aromatic amines is 1. The standard InChI is InChI=1S/C15H8Br2FNO/c16-8-4-5-9-11(7-19-13(9)6-8)15(20)10-2-1-3-12(18)14(10)17/h1-7,19H. The van der Waals surface area contributed by atoms with E-state index in [9.17, 15) is 9.18 Å². The second-order valence-electron chi connectivity index (χ2n) is 4.32. The quantitative estimate of drug-likeness (QED) is 0.603. The summed E-state index contributed by atoms with van der Waals surface area (Å²) in [5.41, 5.74) is 1.70. The first kappa shape index (κ1) is 13.5. The molecule has 2 aromatic carbocycles. The Morgan fingerprint density at radius 3 is 2.70 bits per heavy atom. The van der Waals surface area contributed by atoms with E-state index in [1.165, 1.54) is 12.1 Å². The van der Waals surface area contributed by atoms with E-state index in [1.807, 2.05) is 18.2 Å². The molecule has 0 unspecified atom stereocenters. The van der Waals surface area contributed by atoms with Crippen molar-refractivity contribution in [1.29, 1.82) is 0 Å². The number of ketones is 1. The van der Waals surface area contributed by atoms with Gasteiger partial charge in [-0.3, -0.25) is 4.79 Å². The summed E-state index contributed by atoms with van der Waals surface area (Å²) in [4.78, 5) is 15.6. The first-order chi connectivity index (χ1) is 9.58. The minimum atomic E-state index is -0.446. The smallest absolute Gasteiger partial charge is 0.196 e. The Morgan fingerprint density at radius 2 is 1.90 bits per heavy atom. The number of halogens is 3. The fourth-order valence-corrected chi connectivity index (χ4v) is 2.92. The van der Waals surface area contributed by atoms with Crippen LogP contribution in [0.4, 0.5) is 4.39 Å². The van der Waals surface area contributed by atoms with Crippen molar-refractivity contribution in [3.8, 4) is 0 Å². The zero-order valence-corrected chi connectivity index (χ0v) is 13.3. The van der Waals surface area contributed by atoms with E-state index in [0.29, 0.717) is 11.1 Å². The van der Waals surface area contributed by atoms with Crippen LogP contribution in [0, 0.1) is 5.82 Å². The highest BCUT2D eigenvalue weighted by molar-refractivity contribution is 9.10. The zero-order chi connectivity index (χ0) is 14.3. The molecule has 0 aliphatic rings. The normalized spacial score (nSPS) is 10.9. The van der Waals surface area contributed by atoms with E-state index in [4.69, 9.17) is 0 Å². The third-order valence-corrected chi connectivity index (χ3v) is 4.38. The average molecular weight is 397 g/mol. The number of hydrogen-bond donors (Lipinski definition) is 1. The Kier molecular flexibility index (Phi) is 3.48. The molecule has 3 rings (SSSR count). The Morgan fingerprint density at radius 1 is 1.10 bits per heavy atom. The van der Waals surface area contributed by atoms with E-state index in [2.05, 4.69) is 36.8 Å². The maximum Gasteiger partial charge on any atom is 0.196 e. The minimum absolute atomic E-state index is 0.191. The first-order valence-electron chi connectivity index (χ1n) is 5.83. The number of H-pyrrole nitrogens is 1. The second kappa shape index (κ2) is 5.14. The Bertz CT molecular complexity index is 826. The lowest BCUT2D eigenvalue weighted by Gasteiger charge is -2.03. The molecular formula is C15H8Br2FNO. The molecule has 0 fully saturated rings. The molecule has 5 heteroatoms. The van der Waals surface area contributed by atoms with Crippen molar-refractivity contribution in [3.05, 3.63) is 68.5 Å². The van der Waals surface area contributed by atoms with Gasteiger partial charge in [-0.2, -0.15) is 0 Å². The fourth-order valence-electron chi connectivity index (χ4n) is 2.11. The first-order valence-corrected chi connectivity index (χ1v) is 7.42. The van der Waals surface area contributed by atoms with Crippen molar-refractivity contribution >= 4 is 48.5 Å². The maximum absolute atomic E-state index is 13.5. The summed E-state index contributed by atoms with van der Waals surface area (Å²) in [5.74, 6) is -0.664. The van der Waals surface area contributed by atoms with Crippen LogP contribution in [-0.2, 0) is 0 Å². The number of nitrogens with one attached hydrogen (secondary N) is 1. The molecular weight excluding hydrogens is 389 g/mol. The van der Waals surface area contributed by atoms with Crippen LogP contribution >= 0.6 is 31.9 Å². The molecule has 0 bridgehead atoms. The molecule has 0 radical (unpaired) electrons. The van der Waals surface area contributed by atoms with Gasteiger partial charge in [0.2, 0.25) is 0 Å². The van der Waals surface area contributed by atoms with Gasteiger partial charge in [-0.1, -0.05) is 28.1 Å². The highest BCUT2D eigenvalue weighted by Gasteiger charge is 2.18. The van der Waals surface area contributed by atoms with Gasteiger partial charge in [0, 0.05) is 32.7 Å². The predicted octanol–water partition coefficient (Wildman–Crippen LogP) is 5.06. The molecule has 2 nitrogen and oxygen atoms in total. The molecule has 0 spiro atoms. The van der Waals surface area contributed by atoms with Crippen molar-refractivity contribution in [3.63, 3.8) is 0 Å². The Hall–Kier alpha value is -1.46. The number of rotatable bonds is 2.